The summed E-state index contributed by atoms with van der Waals surface area (Å²) >= 11 is 0. The van der Waals surface area contributed by atoms with E-state index in [4.69, 9.17) is 0 Å². The quantitative estimate of drug-likeness (QED) is 0.819. The minimum atomic E-state index is -3.09. The van der Waals surface area contributed by atoms with Gasteiger partial charge in [0.25, 0.3) is 0 Å². The van der Waals surface area contributed by atoms with Gasteiger partial charge in [0.15, 0.2) is 0 Å². The molecular formula is C15H30N2O2S. The van der Waals surface area contributed by atoms with E-state index >= 15 is 0 Å². The van der Waals surface area contributed by atoms with Crippen LogP contribution in [0.1, 0.15) is 58.3 Å². The molecule has 1 saturated carbocycles. The summed E-state index contributed by atoms with van der Waals surface area (Å²) in [7, 11) is -3.09. The van der Waals surface area contributed by atoms with Crippen molar-refractivity contribution in [1.82, 2.24) is 9.62 Å². The first kappa shape index (κ1) is 16.2. The van der Waals surface area contributed by atoms with Gasteiger partial charge in [-0.05, 0) is 44.6 Å². The maximum atomic E-state index is 12.8. The lowest BCUT2D eigenvalue weighted by atomic mass is 9.91. The Bertz CT molecular complexity index is 371. The van der Waals surface area contributed by atoms with Crippen molar-refractivity contribution in [1.29, 1.82) is 0 Å². The van der Waals surface area contributed by atoms with Gasteiger partial charge in [-0.3, -0.25) is 0 Å². The molecule has 0 aromatic rings. The van der Waals surface area contributed by atoms with E-state index in [2.05, 4.69) is 12.2 Å². The molecule has 1 saturated heterocycles. The molecule has 1 heterocycles. The lowest BCUT2D eigenvalue weighted by molar-refractivity contribution is 0.262. The van der Waals surface area contributed by atoms with E-state index in [0.29, 0.717) is 18.2 Å². The fourth-order valence-electron chi connectivity index (χ4n) is 3.60. The van der Waals surface area contributed by atoms with Gasteiger partial charge in [-0.15, -0.1) is 0 Å². The van der Waals surface area contributed by atoms with E-state index in [-0.39, 0.29) is 6.04 Å². The summed E-state index contributed by atoms with van der Waals surface area (Å²) in [6.45, 7) is 4.60. The Kier molecular flexibility index (Phi) is 6.30. The normalized spacial score (nSPS) is 26.0. The van der Waals surface area contributed by atoms with Crippen LogP contribution in [0.5, 0.6) is 0 Å². The van der Waals surface area contributed by atoms with E-state index in [0.717, 1.165) is 45.2 Å². The molecule has 2 aliphatic rings. The van der Waals surface area contributed by atoms with Crippen LogP contribution in [0.15, 0.2) is 0 Å². The van der Waals surface area contributed by atoms with Crippen molar-refractivity contribution in [2.75, 3.05) is 25.4 Å². The summed E-state index contributed by atoms with van der Waals surface area (Å²) in [4.78, 5) is 0. The van der Waals surface area contributed by atoms with Gasteiger partial charge in [0.05, 0.1) is 5.75 Å². The molecule has 0 aromatic carbocycles. The third kappa shape index (κ3) is 4.43. The number of hydrogen-bond acceptors (Lipinski definition) is 3. The van der Waals surface area contributed by atoms with Gasteiger partial charge in [-0.1, -0.05) is 26.2 Å². The highest BCUT2D eigenvalue weighted by Gasteiger charge is 2.32. The Morgan fingerprint density at radius 3 is 2.45 bits per heavy atom. The topological polar surface area (TPSA) is 49.4 Å². The molecule has 1 aliphatic heterocycles. The molecule has 5 heteroatoms. The maximum Gasteiger partial charge on any atom is 0.214 e. The van der Waals surface area contributed by atoms with Crippen LogP contribution in [0.3, 0.4) is 0 Å². The van der Waals surface area contributed by atoms with Crippen molar-refractivity contribution in [2.24, 2.45) is 5.92 Å². The van der Waals surface area contributed by atoms with Crippen molar-refractivity contribution in [3.05, 3.63) is 0 Å². The third-order valence-corrected chi connectivity index (χ3v) is 6.74. The SMILES string of the molecule is CCCN(C1CCCNC1)S(=O)(=O)CC1CCCCC1. The predicted molar refractivity (Wildman–Crippen MR) is 83.3 cm³/mol. The zero-order valence-electron chi connectivity index (χ0n) is 12.8. The van der Waals surface area contributed by atoms with Gasteiger partial charge in [0, 0.05) is 19.1 Å². The molecule has 0 amide bonds. The van der Waals surface area contributed by atoms with Crippen molar-refractivity contribution in [2.45, 2.75) is 64.3 Å². The Balaban J connectivity index is 2.01. The molecule has 0 aromatic heterocycles. The molecule has 0 spiro atoms. The number of rotatable bonds is 6. The van der Waals surface area contributed by atoms with Gasteiger partial charge in [-0.25, -0.2) is 8.42 Å². The summed E-state index contributed by atoms with van der Waals surface area (Å²) in [5.74, 6) is 0.772. The fraction of sp³-hybridized carbons (Fsp3) is 1.00. The Morgan fingerprint density at radius 1 is 1.10 bits per heavy atom. The summed E-state index contributed by atoms with van der Waals surface area (Å²) in [5.41, 5.74) is 0. The minimum absolute atomic E-state index is 0.178. The molecule has 0 radical (unpaired) electrons. The maximum absolute atomic E-state index is 12.8. The predicted octanol–water partition coefficient (Wildman–Crippen LogP) is 2.36. The highest BCUT2D eigenvalue weighted by atomic mass is 32.2. The monoisotopic (exact) mass is 302 g/mol. The van der Waals surface area contributed by atoms with E-state index in [1.54, 1.807) is 0 Å². The van der Waals surface area contributed by atoms with Crippen LogP contribution in [0.4, 0.5) is 0 Å². The van der Waals surface area contributed by atoms with Crippen LogP contribution < -0.4 is 5.32 Å². The number of sulfonamides is 1. The highest BCUT2D eigenvalue weighted by Crippen LogP contribution is 2.27. The van der Waals surface area contributed by atoms with Gasteiger partial charge in [0.1, 0.15) is 0 Å². The van der Waals surface area contributed by atoms with Crippen LogP contribution in [0, 0.1) is 5.92 Å². The fourth-order valence-corrected chi connectivity index (χ4v) is 5.81. The second kappa shape index (κ2) is 7.76. The first-order valence-electron chi connectivity index (χ1n) is 8.33. The van der Waals surface area contributed by atoms with Gasteiger partial charge >= 0.3 is 0 Å². The van der Waals surface area contributed by atoms with Crippen molar-refractivity contribution >= 4 is 10.0 Å². The van der Waals surface area contributed by atoms with Crippen LogP contribution in [0.25, 0.3) is 0 Å². The second-order valence-electron chi connectivity index (χ2n) is 6.39. The molecule has 0 bridgehead atoms. The summed E-state index contributed by atoms with van der Waals surface area (Å²) in [6, 6.07) is 0.178. The van der Waals surface area contributed by atoms with Crippen molar-refractivity contribution in [3.8, 4) is 0 Å². The number of piperidine rings is 1. The third-order valence-electron chi connectivity index (χ3n) is 4.65. The average molecular weight is 302 g/mol. The minimum Gasteiger partial charge on any atom is -0.315 e. The van der Waals surface area contributed by atoms with Crippen molar-refractivity contribution < 1.29 is 8.42 Å². The van der Waals surface area contributed by atoms with Gasteiger partial charge in [0.2, 0.25) is 10.0 Å². The first-order valence-corrected chi connectivity index (χ1v) is 9.94. The lowest BCUT2D eigenvalue weighted by Gasteiger charge is -2.35. The first-order chi connectivity index (χ1) is 9.63. The highest BCUT2D eigenvalue weighted by molar-refractivity contribution is 7.89. The molecule has 4 nitrogen and oxygen atoms in total. The molecule has 1 aliphatic carbocycles. The van der Waals surface area contributed by atoms with E-state index in [9.17, 15) is 8.42 Å². The molecular weight excluding hydrogens is 272 g/mol. The van der Waals surface area contributed by atoms with Crippen LogP contribution in [0.2, 0.25) is 0 Å². The molecule has 1 unspecified atom stereocenters. The van der Waals surface area contributed by atoms with E-state index in [1.807, 2.05) is 4.31 Å². The lowest BCUT2D eigenvalue weighted by Crippen LogP contribution is -2.50. The average Bonchev–Trinajstić information content (AvgIpc) is 2.46. The Morgan fingerprint density at radius 2 is 1.85 bits per heavy atom. The zero-order chi connectivity index (χ0) is 14.4. The van der Waals surface area contributed by atoms with Gasteiger partial charge < -0.3 is 5.32 Å². The molecule has 1 atom stereocenters. The van der Waals surface area contributed by atoms with E-state index in [1.165, 1.54) is 19.3 Å². The second-order valence-corrected chi connectivity index (χ2v) is 8.36. The molecule has 20 heavy (non-hydrogen) atoms. The largest absolute Gasteiger partial charge is 0.315 e. The van der Waals surface area contributed by atoms with Crippen LogP contribution in [-0.4, -0.2) is 44.2 Å². The molecule has 2 rings (SSSR count). The number of nitrogens with zero attached hydrogens (tertiary/aromatic N) is 1. The summed E-state index contributed by atoms with van der Waals surface area (Å²) in [5, 5.41) is 3.34. The number of nitrogens with one attached hydrogen (secondary N) is 1. The smallest absolute Gasteiger partial charge is 0.214 e. The van der Waals surface area contributed by atoms with E-state index < -0.39 is 10.0 Å². The molecule has 118 valence electrons. The summed E-state index contributed by atoms with van der Waals surface area (Å²) < 4.78 is 27.4. The van der Waals surface area contributed by atoms with Crippen LogP contribution in [-0.2, 0) is 10.0 Å². The Hall–Kier alpha value is -0.130. The van der Waals surface area contributed by atoms with Gasteiger partial charge in [-0.2, -0.15) is 4.31 Å². The molecule has 2 fully saturated rings. The standard InChI is InChI=1S/C15H30N2O2S/c1-2-11-17(15-9-6-10-16-12-15)20(18,19)13-14-7-4-3-5-8-14/h14-16H,2-13H2,1H3. The zero-order valence-corrected chi connectivity index (χ0v) is 13.6. The van der Waals surface area contributed by atoms with Crippen molar-refractivity contribution in [3.63, 3.8) is 0 Å². The summed E-state index contributed by atoms with van der Waals surface area (Å²) in [6.07, 6.45) is 8.89. The number of hydrogen-bond donors (Lipinski definition) is 1. The van der Waals surface area contributed by atoms with Crippen LogP contribution >= 0.6 is 0 Å². The molecule has 1 N–H and O–H groups in total. The Labute approximate surface area is 124 Å².